The highest BCUT2D eigenvalue weighted by atomic mass is 16.4. The summed E-state index contributed by atoms with van der Waals surface area (Å²) in [4.78, 5) is 94.6. The van der Waals surface area contributed by atoms with Gasteiger partial charge in [-0.2, -0.15) is 0 Å². The number of carboxylic acid groups (broad SMARTS) is 2. The standard InChI is InChI=1S/C39H63N9O10/c1-22(2)18-29(47-34(53)25-12-8-16-42-25)37(56)45-27(14-15-33(51)52)36(55)46-28(20-24-10-6-5-7-11-24)31(49)21-32(50)44-26(13-9-17-43-39(40)41)35(54)48-30(38(57)58)19-23(3)4/h5-7,10-11,22-23,25-31,42,49H,8-9,12-21H2,1-4H3,(H,44,50)(H,45,56)(H,46,55)(H,47,53)(H,48,54)(H,51,52)(H,57,58)(H4,40,41,43)/t25-,26-,27-,28-,29-,30-,31-/m0/s1. The van der Waals surface area contributed by atoms with Crippen LogP contribution < -0.4 is 43.4 Å². The molecule has 13 N–H and O–H groups in total. The van der Waals surface area contributed by atoms with Gasteiger partial charge in [0.15, 0.2) is 5.96 Å². The molecule has 1 aromatic rings. The lowest BCUT2D eigenvalue weighted by Crippen LogP contribution is -2.58. The van der Waals surface area contributed by atoms with Crippen LogP contribution in [-0.2, 0) is 40.0 Å². The predicted molar refractivity (Wildman–Crippen MR) is 215 cm³/mol. The average molecular weight is 818 g/mol. The van der Waals surface area contributed by atoms with Crippen molar-refractivity contribution < 1.29 is 48.9 Å². The Bertz CT molecular complexity index is 1550. The van der Waals surface area contributed by atoms with Gasteiger partial charge in [0.1, 0.15) is 24.2 Å². The van der Waals surface area contributed by atoms with Gasteiger partial charge in [0.2, 0.25) is 29.5 Å². The molecule has 7 atom stereocenters. The van der Waals surface area contributed by atoms with Crippen LogP contribution in [-0.4, -0.2) is 118 Å². The Labute approximate surface area is 339 Å². The first-order valence-corrected chi connectivity index (χ1v) is 19.8. The number of carbonyl (C=O) groups excluding carboxylic acids is 5. The number of guanidine groups is 1. The van der Waals surface area contributed by atoms with Gasteiger partial charge < -0.3 is 58.7 Å². The van der Waals surface area contributed by atoms with E-state index in [-0.39, 0.29) is 68.8 Å². The molecule has 0 radical (unpaired) electrons. The molecule has 1 fully saturated rings. The molecule has 0 spiro atoms. The third kappa shape index (κ3) is 18.8. The summed E-state index contributed by atoms with van der Waals surface area (Å²) < 4.78 is 0. The minimum absolute atomic E-state index is 0.0129. The number of hydrogen-bond acceptors (Lipinski definition) is 10. The number of nitrogens with one attached hydrogen (secondary N) is 6. The second kappa shape index (κ2) is 25.1. The van der Waals surface area contributed by atoms with Gasteiger partial charge in [-0.3, -0.25) is 33.8 Å². The van der Waals surface area contributed by atoms with Crippen LogP contribution in [0.25, 0.3) is 0 Å². The Hall–Kier alpha value is -5.30. The fourth-order valence-electron chi connectivity index (χ4n) is 6.45. The second-order valence-electron chi connectivity index (χ2n) is 15.5. The highest BCUT2D eigenvalue weighted by Crippen LogP contribution is 2.14. The molecule has 1 saturated heterocycles. The summed E-state index contributed by atoms with van der Waals surface area (Å²) in [7, 11) is 0. The summed E-state index contributed by atoms with van der Waals surface area (Å²) in [6.07, 6.45) is -0.957. The van der Waals surface area contributed by atoms with E-state index >= 15 is 0 Å². The third-order valence-corrected chi connectivity index (χ3v) is 9.40. The molecule has 0 aromatic heterocycles. The third-order valence-electron chi connectivity index (χ3n) is 9.40. The molecule has 1 aliphatic heterocycles. The highest BCUT2D eigenvalue weighted by Gasteiger charge is 2.34. The van der Waals surface area contributed by atoms with Crippen molar-refractivity contribution in [2.45, 2.75) is 134 Å². The topological polar surface area (TPSA) is 317 Å². The maximum absolute atomic E-state index is 13.9. The molecule has 5 amide bonds. The van der Waals surface area contributed by atoms with E-state index in [0.717, 1.165) is 6.42 Å². The summed E-state index contributed by atoms with van der Waals surface area (Å²) in [5.41, 5.74) is 11.5. The van der Waals surface area contributed by atoms with Crippen molar-refractivity contribution >= 4 is 47.4 Å². The lowest BCUT2D eigenvalue weighted by molar-refractivity contribution is -0.143. The summed E-state index contributed by atoms with van der Waals surface area (Å²) in [6, 6.07) is 2.22. The molecule has 0 saturated carbocycles. The lowest BCUT2D eigenvalue weighted by atomic mass is 9.97. The van der Waals surface area contributed by atoms with Gasteiger partial charge >= 0.3 is 11.9 Å². The first kappa shape index (κ1) is 48.8. The fraction of sp³-hybridized carbons (Fsp3) is 0.641. The number of aliphatic imine (C=N–C) groups is 1. The highest BCUT2D eigenvalue weighted by molar-refractivity contribution is 5.94. The molecule has 2 rings (SSSR count). The van der Waals surface area contributed by atoms with Crippen molar-refractivity contribution in [1.29, 1.82) is 0 Å². The Morgan fingerprint density at radius 2 is 1.38 bits per heavy atom. The van der Waals surface area contributed by atoms with Crippen molar-refractivity contribution in [2.75, 3.05) is 13.1 Å². The van der Waals surface area contributed by atoms with Crippen LogP contribution in [0, 0.1) is 11.8 Å². The number of carbonyl (C=O) groups is 7. The van der Waals surface area contributed by atoms with Crippen LogP contribution in [0.2, 0.25) is 0 Å². The van der Waals surface area contributed by atoms with E-state index in [1.165, 1.54) is 0 Å². The van der Waals surface area contributed by atoms with Crippen LogP contribution in [0.15, 0.2) is 35.3 Å². The molecule has 1 heterocycles. The largest absolute Gasteiger partial charge is 0.481 e. The first-order valence-electron chi connectivity index (χ1n) is 19.8. The van der Waals surface area contributed by atoms with Crippen LogP contribution in [0.1, 0.15) is 91.0 Å². The molecule has 1 aromatic carbocycles. The fourth-order valence-corrected chi connectivity index (χ4v) is 6.45. The zero-order valence-corrected chi connectivity index (χ0v) is 33.9. The van der Waals surface area contributed by atoms with Gasteiger partial charge in [-0.25, -0.2) is 4.79 Å². The number of amides is 5. The maximum Gasteiger partial charge on any atom is 0.326 e. The minimum atomic E-state index is -1.56. The Morgan fingerprint density at radius 1 is 0.793 bits per heavy atom. The number of nitrogens with two attached hydrogens (primary N) is 2. The smallest absolute Gasteiger partial charge is 0.326 e. The number of nitrogens with zero attached hydrogens (tertiary/aromatic N) is 1. The summed E-state index contributed by atoms with van der Waals surface area (Å²) in [5.74, 6) is -6.18. The quantitative estimate of drug-likeness (QED) is 0.0312. The van der Waals surface area contributed by atoms with Crippen molar-refractivity contribution in [1.82, 2.24) is 31.9 Å². The summed E-state index contributed by atoms with van der Waals surface area (Å²) >= 11 is 0. The maximum atomic E-state index is 13.9. The molecule has 1 aliphatic rings. The minimum Gasteiger partial charge on any atom is -0.481 e. The van der Waals surface area contributed by atoms with E-state index < -0.39 is 90.8 Å². The van der Waals surface area contributed by atoms with Gasteiger partial charge in [0, 0.05) is 13.0 Å². The molecule has 0 bridgehead atoms. The first-order chi connectivity index (χ1) is 27.4. The lowest BCUT2D eigenvalue weighted by Gasteiger charge is -2.29. The van der Waals surface area contributed by atoms with E-state index in [4.69, 9.17) is 11.5 Å². The van der Waals surface area contributed by atoms with Gasteiger partial charge in [-0.1, -0.05) is 58.0 Å². The zero-order chi connectivity index (χ0) is 43.4. The van der Waals surface area contributed by atoms with Crippen LogP contribution in [0.3, 0.4) is 0 Å². The molecule has 19 heteroatoms. The molecule has 58 heavy (non-hydrogen) atoms. The van der Waals surface area contributed by atoms with Crippen LogP contribution >= 0.6 is 0 Å². The zero-order valence-electron chi connectivity index (χ0n) is 33.9. The number of aliphatic hydroxyl groups is 1. The Kier molecular flexibility index (Phi) is 21.2. The van der Waals surface area contributed by atoms with E-state index in [2.05, 4.69) is 36.9 Å². The Morgan fingerprint density at radius 3 is 1.95 bits per heavy atom. The van der Waals surface area contributed by atoms with E-state index in [1.807, 2.05) is 13.8 Å². The van der Waals surface area contributed by atoms with Crippen LogP contribution in [0.4, 0.5) is 0 Å². The van der Waals surface area contributed by atoms with Crippen molar-refractivity contribution in [3.05, 3.63) is 35.9 Å². The normalized spacial score (nSPS) is 16.8. The Balaban J connectivity index is 2.31. The number of rotatable bonds is 26. The average Bonchev–Trinajstić information content (AvgIpc) is 3.69. The second-order valence-corrected chi connectivity index (χ2v) is 15.5. The number of benzene rings is 1. The van der Waals surface area contributed by atoms with Crippen molar-refractivity contribution in [3.8, 4) is 0 Å². The number of aliphatic hydroxyl groups excluding tert-OH is 1. The van der Waals surface area contributed by atoms with Crippen LogP contribution in [0.5, 0.6) is 0 Å². The number of carboxylic acids is 2. The number of aliphatic carboxylic acids is 2. The molecule has 19 nitrogen and oxygen atoms in total. The molecule has 324 valence electrons. The predicted octanol–water partition coefficient (Wildman–Crippen LogP) is -0.749. The van der Waals surface area contributed by atoms with Gasteiger partial charge in [0.05, 0.1) is 24.6 Å². The molecule has 0 unspecified atom stereocenters. The van der Waals surface area contributed by atoms with Gasteiger partial charge in [-0.15, -0.1) is 0 Å². The van der Waals surface area contributed by atoms with Crippen molar-refractivity contribution in [2.24, 2.45) is 28.3 Å². The summed E-state index contributed by atoms with van der Waals surface area (Å²) in [5, 5.41) is 46.8. The van der Waals surface area contributed by atoms with Crippen molar-refractivity contribution in [3.63, 3.8) is 0 Å². The van der Waals surface area contributed by atoms with E-state index in [0.29, 0.717) is 18.5 Å². The van der Waals surface area contributed by atoms with E-state index in [1.54, 1.807) is 44.2 Å². The molecular weight excluding hydrogens is 754 g/mol. The van der Waals surface area contributed by atoms with E-state index in [9.17, 15) is 48.9 Å². The van der Waals surface area contributed by atoms with Gasteiger partial charge in [0.25, 0.3) is 0 Å². The monoisotopic (exact) mass is 817 g/mol. The number of hydrogen-bond donors (Lipinski definition) is 11. The van der Waals surface area contributed by atoms with Gasteiger partial charge in [-0.05, 0) is 75.3 Å². The molecular formula is C39H63N9O10. The molecule has 0 aliphatic carbocycles. The SMILES string of the molecule is CC(C)C[C@H](NC(=O)[C@H](CCCN=C(N)N)NC(=O)C[C@H](O)[C@H](Cc1ccccc1)NC(=O)[C@H](CCC(=O)O)NC(=O)[C@H](CC(C)C)NC(=O)[C@@H]1CCCN1)C(=O)O. The summed E-state index contributed by atoms with van der Waals surface area (Å²) in [6.45, 7) is 8.10.